The van der Waals surface area contributed by atoms with E-state index in [1.165, 1.54) is 5.56 Å². The van der Waals surface area contributed by atoms with Gasteiger partial charge in [0.05, 0.1) is 13.2 Å². The van der Waals surface area contributed by atoms with Crippen molar-refractivity contribution in [3.05, 3.63) is 29.8 Å². The number of benzene rings is 1. The first-order chi connectivity index (χ1) is 8.72. The van der Waals surface area contributed by atoms with Crippen LogP contribution in [0.2, 0.25) is 0 Å². The second kappa shape index (κ2) is 8.69. The zero-order chi connectivity index (χ0) is 13.2. The number of hydrogen-bond acceptors (Lipinski definition) is 3. The second-order valence-electron chi connectivity index (χ2n) is 3.85. The van der Waals surface area contributed by atoms with Crippen molar-refractivity contribution >= 4 is 17.7 Å². The van der Waals surface area contributed by atoms with Crippen LogP contribution in [-0.2, 0) is 5.75 Å². The van der Waals surface area contributed by atoms with Crippen LogP contribution in [0.1, 0.15) is 18.9 Å². The Labute approximate surface area is 113 Å². The number of guanidine groups is 1. The van der Waals surface area contributed by atoms with Gasteiger partial charge in [-0.15, -0.1) is 0 Å². The molecule has 0 atom stereocenters. The van der Waals surface area contributed by atoms with Gasteiger partial charge in [0, 0.05) is 11.5 Å². The normalized spacial score (nSPS) is 10.1. The summed E-state index contributed by atoms with van der Waals surface area (Å²) < 4.78 is 5.53. The van der Waals surface area contributed by atoms with Crippen LogP contribution in [-0.4, -0.2) is 24.9 Å². The molecule has 0 saturated carbocycles. The Balaban J connectivity index is 2.24. The zero-order valence-corrected chi connectivity index (χ0v) is 11.6. The van der Waals surface area contributed by atoms with Gasteiger partial charge >= 0.3 is 0 Å². The van der Waals surface area contributed by atoms with Crippen LogP contribution in [0.5, 0.6) is 5.75 Å². The maximum Gasteiger partial charge on any atom is 0.185 e. The van der Waals surface area contributed by atoms with Crippen LogP contribution in [0.3, 0.4) is 0 Å². The van der Waals surface area contributed by atoms with E-state index in [9.17, 15) is 0 Å². The fourth-order valence-electron chi connectivity index (χ4n) is 1.33. The lowest BCUT2D eigenvalue weighted by Crippen LogP contribution is -2.23. The quantitative estimate of drug-likeness (QED) is 0.429. The first-order valence-corrected chi connectivity index (χ1v) is 7.22. The van der Waals surface area contributed by atoms with E-state index in [0.717, 1.165) is 30.3 Å². The van der Waals surface area contributed by atoms with Gasteiger partial charge < -0.3 is 16.2 Å². The maximum atomic E-state index is 5.53. The highest BCUT2D eigenvalue weighted by Crippen LogP contribution is 2.16. The molecular formula is C13H21N3OS. The minimum Gasteiger partial charge on any atom is -0.494 e. The summed E-state index contributed by atoms with van der Waals surface area (Å²) in [5.41, 5.74) is 11.8. The topological polar surface area (TPSA) is 73.6 Å². The predicted octanol–water partition coefficient (Wildman–Crippen LogP) is 1.98. The standard InChI is InChI=1S/C13H21N3OS/c1-2-8-17-12-5-3-11(4-6-12)10-18-9-7-16-13(14)15/h3-6H,2,7-10H2,1H3,(H4,14,15,16). The molecule has 0 fully saturated rings. The highest BCUT2D eigenvalue weighted by molar-refractivity contribution is 7.98. The molecule has 0 radical (unpaired) electrons. The van der Waals surface area contributed by atoms with Crippen LogP contribution in [0.4, 0.5) is 0 Å². The third kappa shape index (κ3) is 6.39. The average Bonchev–Trinajstić information content (AvgIpc) is 2.37. The molecule has 0 bridgehead atoms. The fraction of sp³-hybridized carbons (Fsp3) is 0.462. The number of thioether (sulfide) groups is 1. The summed E-state index contributed by atoms with van der Waals surface area (Å²) >= 11 is 1.81. The minimum absolute atomic E-state index is 0.160. The number of aliphatic imine (C=N–C) groups is 1. The third-order valence-electron chi connectivity index (χ3n) is 2.19. The molecule has 0 aromatic heterocycles. The molecule has 18 heavy (non-hydrogen) atoms. The fourth-order valence-corrected chi connectivity index (χ4v) is 2.12. The van der Waals surface area contributed by atoms with Gasteiger partial charge in [-0.2, -0.15) is 11.8 Å². The van der Waals surface area contributed by atoms with Gasteiger partial charge in [0.2, 0.25) is 0 Å². The van der Waals surface area contributed by atoms with Crippen molar-refractivity contribution in [3.8, 4) is 5.75 Å². The number of rotatable bonds is 8. The van der Waals surface area contributed by atoms with E-state index in [4.69, 9.17) is 16.2 Å². The molecule has 0 spiro atoms. The van der Waals surface area contributed by atoms with E-state index in [0.29, 0.717) is 6.54 Å². The number of nitrogens with two attached hydrogens (primary N) is 2. The lowest BCUT2D eigenvalue weighted by molar-refractivity contribution is 0.317. The van der Waals surface area contributed by atoms with Crippen LogP contribution >= 0.6 is 11.8 Å². The largest absolute Gasteiger partial charge is 0.494 e. The Morgan fingerprint density at radius 2 is 2.00 bits per heavy atom. The molecule has 1 aromatic carbocycles. The molecular weight excluding hydrogens is 246 g/mol. The van der Waals surface area contributed by atoms with E-state index in [-0.39, 0.29) is 5.96 Å². The summed E-state index contributed by atoms with van der Waals surface area (Å²) in [5.74, 6) is 2.99. The van der Waals surface area contributed by atoms with Crippen LogP contribution in [0.25, 0.3) is 0 Å². The van der Waals surface area contributed by atoms with E-state index in [1.54, 1.807) is 0 Å². The van der Waals surface area contributed by atoms with E-state index >= 15 is 0 Å². The van der Waals surface area contributed by atoms with Crippen LogP contribution in [0, 0.1) is 0 Å². The minimum atomic E-state index is 0.160. The Bertz CT molecular complexity index is 361. The predicted molar refractivity (Wildman–Crippen MR) is 79.1 cm³/mol. The highest BCUT2D eigenvalue weighted by Gasteiger charge is 1.96. The molecule has 0 amide bonds. The van der Waals surface area contributed by atoms with Crippen molar-refractivity contribution < 1.29 is 4.74 Å². The van der Waals surface area contributed by atoms with Gasteiger partial charge in [-0.25, -0.2) is 0 Å². The number of ether oxygens (including phenoxy) is 1. The Morgan fingerprint density at radius 1 is 1.28 bits per heavy atom. The van der Waals surface area contributed by atoms with Crippen molar-refractivity contribution in [2.45, 2.75) is 19.1 Å². The lowest BCUT2D eigenvalue weighted by atomic mass is 10.2. The highest BCUT2D eigenvalue weighted by atomic mass is 32.2. The van der Waals surface area contributed by atoms with Crippen LogP contribution < -0.4 is 16.2 Å². The molecule has 0 aliphatic heterocycles. The first-order valence-electron chi connectivity index (χ1n) is 6.07. The van der Waals surface area contributed by atoms with Gasteiger partial charge in [-0.05, 0) is 24.1 Å². The molecule has 0 heterocycles. The zero-order valence-electron chi connectivity index (χ0n) is 10.8. The molecule has 4 nitrogen and oxygen atoms in total. The van der Waals surface area contributed by atoms with E-state index in [2.05, 4.69) is 24.0 Å². The smallest absolute Gasteiger partial charge is 0.185 e. The van der Waals surface area contributed by atoms with E-state index in [1.807, 2.05) is 23.9 Å². The monoisotopic (exact) mass is 267 g/mol. The van der Waals surface area contributed by atoms with Crippen molar-refractivity contribution in [1.29, 1.82) is 0 Å². The molecule has 1 aromatic rings. The van der Waals surface area contributed by atoms with Gasteiger partial charge in [0.1, 0.15) is 5.75 Å². The summed E-state index contributed by atoms with van der Waals surface area (Å²) in [5, 5.41) is 0. The Hall–Kier alpha value is -1.36. The molecule has 1 rings (SSSR count). The Kier molecular flexibility index (Phi) is 7.10. The average molecular weight is 267 g/mol. The van der Waals surface area contributed by atoms with Crippen molar-refractivity contribution in [2.24, 2.45) is 16.5 Å². The van der Waals surface area contributed by atoms with Gasteiger partial charge in [0.25, 0.3) is 0 Å². The van der Waals surface area contributed by atoms with E-state index < -0.39 is 0 Å². The van der Waals surface area contributed by atoms with Gasteiger partial charge in [-0.1, -0.05) is 19.1 Å². The lowest BCUT2D eigenvalue weighted by Gasteiger charge is -2.05. The molecule has 0 aliphatic carbocycles. The summed E-state index contributed by atoms with van der Waals surface area (Å²) in [4.78, 5) is 3.93. The van der Waals surface area contributed by atoms with Crippen molar-refractivity contribution in [3.63, 3.8) is 0 Å². The number of nitrogens with zero attached hydrogens (tertiary/aromatic N) is 1. The molecule has 4 N–H and O–H groups in total. The summed E-state index contributed by atoms with van der Waals surface area (Å²) in [6.45, 7) is 3.54. The molecule has 0 unspecified atom stereocenters. The Morgan fingerprint density at radius 3 is 2.61 bits per heavy atom. The summed E-state index contributed by atoms with van der Waals surface area (Å²) in [6, 6.07) is 8.22. The molecule has 100 valence electrons. The second-order valence-corrected chi connectivity index (χ2v) is 4.96. The van der Waals surface area contributed by atoms with Crippen molar-refractivity contribution in [1.82, 2.24) is 0 Å². The molecule has 5 heteroatoms. The summed E-state index contributed by atoms with van der Waals surface area (Å²) in [7, 11) is 0. The summed E-state index contributed by atoms with van der Waals surface area (Å²) in [6.07, 6.45) is 1.03. The number of hydrogen-bond donors (Lipinski definition) is 2. The van der Waals surface area contributed by atoms with Crippen molar-refractivity contribution in [2.75, 3.05) is 18.9 Å². The molecule has 0 aliphatic rings. The third-order valence-corrected chi connectivity index (χ3v) is 3.20. The van der Waals surface area contributed by atoms with Gasteiger partial charge in [-0.3, -0.25) is 4.99 Å². The van der Waals surface area contributed by atoms with Crippen LogP contribution in [0.15, 0.2) is 29.3 Å². The SMILES string of the molecule is CCCOc1ccc(CSCCN=C(N)N)cc1. The maximum absolute atomic E-state index is 5.53. The first kappa shape index (κ1) is 14.7. The van der Waals surface area contributed by atoms with Gasteiger partial charge in [0.15, 0.2) is 5.96 Å². The molecule has 0 saturated heterocycles.